The van der Waals surface area contributed by atoms with E-state index in [0.717, 1.165) is 31.7 Å². The van der Waals surface area contributed by atoms with E-state index in [1.165, 1.54) is 13.5 Å². The molecule has 1 aliphatic rings. The predicted octanol–water partition coefficient (Wildman–Crippen LogP) is 2.02. The number of benzene rings is 1. The van der Waals surface area contributed by atoms with Crippen LogP contribution in [-0.2, 0) is 6.54 Å². The predicted molar refractivity (Wildman–Crippen MR) is 70.3 cm³/mol. The molecule has 18 heavy (non-hydrogen) atoms. The van der Waals surface area contributed by atoms with E-state index >= 15 is 0 Å². The minimum atomic E-state index is -0.282. The molecule has 1 atom stereocenters. The quantitative estimate of drug-likeness (QED) is 0.867. The van der Waals surface area contributed by atoms with Gasteiger partial charge in [0.05, 0.1) is 7.11 Å². The van der Waals surface area contributed by atoms with Crippen LogP contribution in [0.3, 0.4) is 0 Å². The average Bonchev–Trinajstić information content (AvgIpc) is 2.90. The van der Waals surface area contributed by atoms with Gasteiger partial charge in [-0.3, -0.25) is 4.90 Å². The molecule has 4 heteroatoms. The van der Waals surface area contributed by atoms with Gasteiger partial charge in [0, 0.05) is 19.1 Å². The molecule has 100 valence electrons. The minimum absolute atomic E-state index is 0.282. The Morgan fingerprint density at radius 3 is 2.89 bits per heavy atom. The summed E-state index contributed by atoms with van der Waals surface area (Å²) in [6.07, 6.45) is 1.17. The maximum Gasteiger partial charge on any atom is 0.165 e. The van der Waals surface area contributed by atoms with Crippen LogP contribution < -0.4 is 10.1 Å². The third kappa shape index (κ3) is 3.00. The zero-order chi connectivity index (χ0) is 13.0. The Morgan fingerprint density at radius 2 is 2.33 bits per heavy atom. The molecule has 1 aromatic carbocycles. The second-order valence-corrected chi connectivity index (χ2v) is 4.68. The van der Waals surface area contributed by atoms with Crippen LogP contribution in [0.2, 0.25) is 0 Å². The van der Waals surface area contributed by atoms with Crippen molar-refractivity contribution in [2.75, 3.05) is 26.7 Å². The van der Waals surface area contributed by atoms with Crippen LogP contribution in [0, 0.1) is 5.82 Å². The first-order valence-corrected chi connectivity index (χ1v) is 6.51. The smallest absolute Gasteiger partial charge is 0.165 e. The van der Waals surface area contributed by atoms with Gasteiger partial charge in [-0.25, -0.2) is 4.39 Å². The van der Waals surface area contributed by atoms with Crippen molar-refractivity contribution in [1.82, 2.24) is 10.2 Å². The number of likely N-dealkylation sites (N-methyl/N-ethyl adjacent to an activating group) is 1. The van der Waals surface area contributed by atoms with E-state index in [4.69, 9.17) is 4.74 Å². The summed E-state index contributed by atoms with van der Waals surface area (Å²) >= 11 is 0. The summed E-state index contributed by atoms with van der Waals surface area (Å²) in [5.74, 6) is 0.0277. The highest BCUT2D eigenvalue weighted by molar-refractivity contribution is 5.29. The van der Waals surface area contributed by atoms with E-state index in [2.05, 4.69) is 17.1 Å². The molecule has 1 aromatic rings. The number of hydrogen-bond donors (Lipinski definition) is 1. The molecule has 0 bridgehead atoms. The second-order valence-electron chi connectivity index (χ2n) is 4.68. The van der Waals surface area contributed by atoms with Gasteiger partial charge >= 0.3 is 0 Å². The van der Waals surface area contributed by atoms with Gasteiger partial charge in [0.25, 0.3) is 0 Å². The Kier molecular flexibility index (Phi) is 4.55. The van der Waals surface area contributed by atoms with Crippen molar-refractivity contribution in [2.24, 2.45) is 0 Å². The lowest BCUT2D eigenvalue weighted by Gasteiger charge is -2.27. The van der Waals surface area contributed by atoms with Gasteiger partial charge in [-0.05, 0) is 37.2 Å². The van der Waals surface area contributed by atoms with Crippen molar-refractivity contribution in [1.29, 1.82) is 0 Å². The van der Waals surface area contributed by atoms with Crippen molar-refractivity contribution >= 4 is 0 Å². The Bertz CT molecular complexity index is 391. The molecular weight excluding hydrogens is 231 g/mol. The van der Waals surface area contributed by atoms with E-state index in [1.54, 1.807) is 12.1 Å². The fourth-order valence-electron chi connectivity index (χ4n) is 2.49. The third-order valence-corrected chi connectivity index (χ3v) is 3.56. The number of hydrogen-bond acceptors (Lipinski definition) is 3. The first-order chi connectivity index (χ1) is 8.74. The molecule has 0 saturated carbocycles. The monoisotopic (exact) mass is 252 g/mol. The first kappa shape index (κ1) is 13.3. The summed E-state index contributed by atoms with van der Waals surface area (Å²) in [4.78, 5) is 2.39. The highest BCUT2D eigenvalue weighted by Gasteiger charge is 2.21. The maximum atomic E-state index is 13.6. The van der Waals surface area contributed by atoms with Gasteiger partial charge in [0.15, 0.2) is 11.6 Å². The fraction of sp³-hybridized carbons (Fsp3) is 0.571. The van der Waals surface area contributed by atoms with Crippen molar-refractivity contribution < 1.29 is 9.13 Å². The number of ether oxygens (including phenoxy) is 1. The Balaban J connectivity index is 2.04. The summed E-state index contributed by atoms with van der Waals surface area (Å²) in [5.41, 5.74) is 1.00. The maximum absolute atomic E-state index is 13.6. The summed E-state index contributed by atoms with van der Waals surface area (Å²) in [5, 5.41) is 3.37. The molecule has 1 aliphatic heterocycles. The first-order valence-electron chi connectivity index (χ1n) is 6.51. The van der Waals surface area contributed by atoms with Crippen LogP contribution >= 0.6 is 0 Å². The topological polar surface area (TPSA) is 24.5 Å². The number of nitrogens with one attached hydrogen (secondary N) is 1. The molecule has 1 N–H and O–H groups in total. The zero-order valence-electron chi connectivity index (χ0n) is 11.1. The van der Waals surface area contributed by atoms with Gasteiger partial charge < -0.3 is 10.1 Å². The van der Waals surface area contributed by atoms with Crippen LogP contribution in [0.1, 0.15) is 18.9 Å². The molecular formula is C14H21FN2O. The van der Waals surface area contributed by atoms with Crippen LogP contribution in [0.25, 0.3) is 0 Å². The molecule has 0 radical (unpaired) electrons. The van der Waals surface area contributed by atoms with Crippen molar-refractivity contribution in [3.8, 4) is 5.75 Å². The van der Waals surface area contributed by atoms with Gasteiger partial charge in [-0.1, -0.05) is 13.0 Å². The molecule has 0 spiro atoms. The fourth-order valence-corrected chi connectivity index (χ4v) is 2.49. The van der Waals surface area contributed by atoms with E-state index < -0.39 is 0 Å². The third-order valence-electron chi connectivity index (χ3n) is 3.56. The van der Waals surface area contributed by atoms with Gasteiger partial charge in [0.1, 0.15) is 0 Å². The van der Waals surface area contributed by atoms with Crippen molar-refractivity contribution in [3.63, 3.8) is 0 Å². The van der Waals surface area contributed by atoms with Crippen molar-refractivity contribution in [3.05, 3.63) is 29.6 Å². The molecule has 1 fully saturated rings. The van der Waals surface area contributed by atoms with Crippen molar-refractivity contribution in [2.45, 2.75) is 25.9 Å². The van der Waals surface area contributed by atoms with Crippen LogP contribution in [0.15, 0.2) is 18.2 Å². The van der Waals surface area contributed by atoms with Gasteiger partial charge in [-0.2, -0.15) is 0 Å². The molecule has 1 saturated heterocycles. The van der Waals surface area contributed by atoms with Crippen LogP contribution in [0.5, 0.6) is 5.75 Å². The van der Waals surface area contributed by atoms with E-state index in [1.807, 2.05) is 6.07 Å². The Hall–Kier alpha value is -1.13. The second kappa shape index (κ2) is 6.16. The molecule has 0 aliphatic carbocycles. The van der Waals surface area contributed by atoms with Crippen LogP contribution in [-0.4, -0.2) is 37.7 Å². The molecule has 2 rings (SSSR count). The average molecular weight is 252 g/mol. The SMILES string of the molecule is CCN(Cc1ccc(OC)c(F)c1)C1CCNC1. The molecule has 3 nitrogen and oxygen atoms in total. The Labute approximate surface area is 108 Å². The van der Waals surface area contributed by atoms with E-state index in [9.17, 15) is 4.39 Å². The zero-order valence-corrected chi connectivity index (χ0v) is 11.1. The number of methoxy groups -OCH3 is 1. The summed E-state index contributed by atoms with van der Waals surface area (Å²) in [6.45, 7) is 6.05. The Morgan fingerprint density at radius 1 is 1.50 bits per heavy atom. The normalized spacial score (nSPS) is 19.4. The van der Waals surface area contributed by atoms with E-state index in [0.29, 0.717) is 11.8 Å². The van der Waals surface area contributed by atoms with Crippen LogP contribution in [0.4, 0.5) is 4.39 Å². The lowest BCUT2D eigenvalue weighted by atomic mass is 10.1. The number of halogens is 1. The lowest BCUT2D eigenvalue weighted by molar-refractivity contribution is 0.210. The molecule has 0 amide bonds. The lowest BCUT2D eigenvalue weighted by Crippen LogP contribution is -2.36. The molecule has 1 heterocycles. The number of nitrogens with zero attached hydrogens (tertiary/aromatic N) is 1. The highest BCUT2D eigenvalue weighted by Crippen LogP contribution is 2.20. The molecule has 0 aromatic heterocycles. The number of rotatable bonds is 5. The largest absolute Gasteiger partial charge is 0.494 e. The standard InChI is InChI=1S/C14H21FN2O/c1-3-17(12-6-7-16-9-12)10-11-4-5-14(18-2)13(15)8-11/h4-5,8,12,16H,3,6-7,9-10H2,1-2H3. The summed E-state index contributed by atoms with van der Waals surface area (Å²) in [7, 11) is 1.49. The van der Waals surface area contributed by atoms with Gasteiger partial charge in [-0.15, -0.1) is 0 Å². The minimum Gasteiger partial charge on any atom is -0.494 e. The molecule has 1 unspecified atom stereocenters. The van der Waals surface area contributed by atoms with E-state index in [-0.39, 0.29) is 5.82 Å². The highest BCUT2D eigenvalue weighted by atomic mass is 19.1. The summed E-state index contributed by atoms with van der Waals surface area (Å²) in [6, 6.07) is 5.78. The van der Waals surface area contributed by atoms with Gasteiger partial charge in [0.2, 0.25) is 0 Å². The summed E-state index contributed by atoms with van der Waals surface area (Å²) < 4.78 is 18.6.